The minimum atomic E-state index is -4.07. The van der Waals surface area contributed by atoms with E-state index in [4.69, 9.17) is 0 Å². The zero-order valence-corrected chi connectivity index (χ0v) is 9.97. The third kappa shape index (κ3) is 3.35. The van der Waals surface area contributed by atoms with Crippen molar-refractivity contribution < 1.29 is 18.3 Å². The number of rotatable bonds is 2. The van der Waals surface area contributed by atoms with Gasteiger partial charge in [-0.05, 0) is 19.3 Å². The van der Waals surface area contributed by atoms with Gasteiger partial charge in [0.25, 0.3) is 0 Å². The molecule has 5 heteroatoms. The van der Waals surface area contributed by atoms with Gasteiger partial charge in [-0.3, -0.25) is 0 Å². The first-order valence-corrected chi connectivity index (χ1v) is 6.41. The average molecular weight is 251 g/mol. The van der Waals surface area contributed by atoms with Crippen LogP contribution in [0.3, 0.4) is 0 Å². The van der Waals surface area contributed by atoms with Gasteiger partial charge in [0.1, 0.15) is 0 Å². The minimum Gasteiger partial charge on any atom is -0.390 e. The summed E-state index contributed by atoms with van der Waals surface area (Å²) in [5, 5.41) is 10.4. The van der Waals surface area contributed by atoms with Gasteiger partial charge in [-0.25, -0.2) is 0 Å². The fourth-order valence-corrected chi connectivity index (χ4v) is 3.13. The normalized spacial score (nSPS) is 35.6. The number of piperidine rings is 1. The molecule has 2 nitrogen and oxygen atoms in total. The Balaban J connectivity index is 1.85. The fraction of sp³-hybridized carbons (Fsp3) is 1.00. The predicted molar refractivity (Wildman–Crippen MR) is 58.6 cm³/mol. The van der Waals surface area contributed by atoms with Gasteiger partial charge < -0.3 is 10.0 Å². The van der Waals surface area contributed by atoms with E-state index in [-0.39, 0.29) is 12.5 Å². The smallest absolute Gasteiger partial charge is 0.390 e. The lowest BCUT2D eigenvalue weighted by Crippen LogP contribution is -2.53. The van der Waals surface area contributed by atoms with Crippen LogP contribution in [0.1, 0.15) is 38.5 Å². The number of halogens is 3. The Hall–Kier alpha value is -0.290. The molecule has 1 aliphatic carbocycles. The molecule has 1 saturated heterocycles. The van der Waals surface area contributed by atoms with Gasteiger partial charge >= 0.3 is 6.18 Å². The van der Waals surface area contributed by atoms with Crippen molar-refractivity contribution in [3.05, 3.63) is 0 Å². The second kappa shape index (κ2) is 4.76. The Kier molecular flexibility index (Phi) is 3.69. The molecule has 2 unspecified atom stereocenters. The van der Waals surface area contributed by atoms with Crippen molar-refractivity contribution in [1.82, 2.24) is 4.90 Å². The first-order valence-electron chi connectivity index (χ1n) is 6.41. The topological polar surface area (TPSA) is 23.5 Å². The summed E-state index contributed by atoms with van der Waals surface area (Å²) in [5.74, 6) is 0.179. The Morgan fingerprint density at radius 2 is 2.00 bits per heavy atom. The van der Waals surface area contributed by atoms with Gasteiger partial charge in [-0.1, -0.05) is 12.8 Å². The maximum atomic E-state index is 12.1. The molecular weight excluding hydrogens is 231 g/mol. The molecule has 1 heterocycles. The van der Waals surface area contributed by atoms with E-state index >= 15 is 0 Å². The van der Waals surface area contributed by atoms with Crippen molar-refractivity contribution in [2.24, 2.45) is 5.92 Å². The monoisotopic (exact) mass is 251 g/mol. The van der Waals surface area contributed by atoms with Crippen LogP contribution in [0.25, 0.3) is 0 Å². The summed E-state index contributed by atoms with van der Waals surface area (Å²) in [6.45, 7) is 1.31. The molecule has 2 aliphatic rings. The number of likely N-dealkylation sites (tertiary alicyclic amines) is 1. The van der Waals surface area contributed by atoms with E-state index in [9.17, 15) is 18.3 Å². The first-order chi connectivity index (χ1) is 7.89. The Bertz CT molecular complexity index is 269. The summed E-state index contributed by atoms with van der Waals surface area (Å²) in [6.07, 6.45) is -0.243. The van der Waals surface area contributed by atoms with Gasteiger partial charge in [-0.15, -0.1) is 0 Å². The van der Waals surface area contributed by atoms with E-state index in [0.29, 0.717) is 19.5 Å². The Morgan fingerprint density at radius 1 is 1.24 bits per heavy atom. The predicted octanol–water partition coefficient (Wildman–Crippen LogP) is 2.57. The van der Waals surface area contributed by atoms with Crippen LogP contribution in [0.4, 0.5) is 13.2 Å². The highest BCUT2D eigenvalue weighted by molar-refractivity contribution is 4.95. The van der Waals surface area contributed by atoms with Crippen LogP contribution in [0, 0.1) is 5.92 Å². The number of fused-ring (bicyclic) bond motifs is 1. The summed E-state index contributed by atoms with van der Waals surface area (Å²) in [6, 6.07) is 0. The Morgan fingerprint density at radius 3 is 2.71 bits per heavy atom. The quantitative estimate of drug-likeness (QED) is 0.815. The molecule has 1 aliphatic heterocycles. The minimum absolute atomic E-state index is 0.0794. The lowest BCUT2D eigenvalue weighted by Gasteiger charge is -2.47. The van der Waals surface area contributed by atoms with Crippen molar-refractivity contribution in [1.29, 1.82) is 0 Å². The first kappa shape index (κ1) is 13.1. The molecule has 0 radical (unpaired) electrons. The van der Waals surface area contributed by atoms with E-state index in [1.807, 2.05) is 4.90 Å². The van der Waals surface area contributed by atoms with E-state index < -0.39 is 18.2 Å². The summed E-state index contributed by atoms with van der Waals surface area (Å²) in [5.41, 5.74) is -0.590. The van der Waals surface area contributed by atoms with E-state index in [1.54, 1.807) is 0 Å². The molecule has 100 valence electrons. The molecule has 2 rings (SSSR count). The maximum absolute atomic E-state index is 12.1. The van der Waals surface area contributed by atoms with Gasteiger partial charge in [0.2, 0.25) is 0 Å². The maximum Gasteiger partial charge on any atom is 0.390 e. The van der Waals surface area contributed by atoms with E-state index in [1.165, 1.54) is 0 Å². The molecule has 17 heavy (non-hydrogen) atoms. The highest BCUT2D eigenvalue weighted by Gasteiger charge is 2.43. The van der Waals surface area contributed by atoms with Crippen LogP contribution in [0.2, 0.25) is 0 Å². The number of nitrogens with zero attached hydrogens (tertiary/aromatic N) is 1. The molecule has 0 bridgehead atoms. The van der Waals surface area contributed by atoms with Crippen molar-refractivity contribution in [2.45, 2.75) is 50.3 Å². The molecule has 0 aromatic rings. The average Bonchev–Trinajstić information content (AvgIpc) is 2.25. The highest BCUT2D eigenvalue weighted by atomic mass is 19.4. The highest BCUT2D eigenvalue weighted by Crippen LogP contribution is 2.39. The van der Waals surface area contributed by atoms with Gasteiger partial charge in [0.15, 0.2) is 0 Å². The molecule has 1 N–H and O–H groups in total. The number of hydrogen-bond donors (Lipinski definition) is 1. The third-order valence-corrected chi connectivity index (χ3v) is 4.22. The molecule has 0 amide bonds. The van der Waals surface area contributed by atoms with Crippen molar-refractivity contribution in [3.63, 3.8) is 0 Å². The van der Waals surface area contributed by atoms with Gasteiger partial charge in [0.05, 0.1) is 12.0 Å². The van der Waals surface area contributed by atoms with Gasteiger partial charge in [-0.2, -0.15) is 13.2 Å². The van der Waals surface area contributed by atoms with Crippen molar-refractivity contribution in [3.8, 4) is 0 Å². The van der Waals surface area contributed by atoms with Crippen LogP contribution in [0.5, 0.6) is 0 Å². The number of hydrogen-bond acceptors (Lipinski definition) is 2. The van der Waals surface area contributed by atoms with Crippen LogP contribution >= 0.6 is 0 Å². The molecule has 0 spiro atoms. The van der Waals surface area contributed by atoms with E-state index in [2.05, 4.69) is 0 Å². The fourth-order valence-electron chi connectivity index (χ4n) is 3.13. The van der Waals surface area contributed by atoms with Crippen molar-refractivity contribution >= 4 is 0 Å². The largest absolute Gasteiger partial charge is 0.390 e. The second-order valence-electron chi connectivity index (χ2n) is 5.46. The van der Waals surface area contributed by atoms with Crippen LogP contribution in [-0.4, -0.2) is 41.4 Å². The Labute approximate surface area is 99.8 Å². The lowest BCUT2D eigenvalue weighted by molar-refractivity contribution is -0.144. The van der Waals surface area contributed by atoms with E-state index in [0.717, 1.165) is 25.7 Å². The number of aliphatic hydroxyl groups is 1. The third-order valence-electron chi connectivity index (χ3n) is 4.22. The van der Waals surface area contributed by atoms with Gasteiger partial charge in [0, 0.05) is 25.6 Å². The molecule has 2 atom stereocenters. The summed E-state index contributed by atoms with van der Waals surface area (Å²) in [7, 11) is 0. The summed E-state index contributed by atoms with van der Waals surface area (Å²) >= 11 is 0. The lowest BCUT2D eigenvalue weighted by atomic mass is 9.71. The standard InChI is InChI=1S/C12H20F3NO/c13-12(14,15)6-8-16-7-5-11(17)4-2-1-3-10(11)9-16/h10,17H,1-9H2. The summed E-state index contributed by atoms with van der Waals surface area (Å²) in [4.78, 5) is 1.86. The number of alkyl halides is 3. The molecule has 2 fully saturated rings. The molecule has 1 saturated carbocycles. The SMILES string of the molecule is OC12CCCCC1CN(CCC(F)(F)F)CC2. The summed E-state index contributed by atoms with van der Waals surface area (Å²) < 4.78 is 36.4. The van der Waals surface area contributed by atoms with Crippen LogP contribution in [0.15, 0.2) is 0 Å². The molecule has 0 aromatic heterocycles. The zero-order valence-electron chi connectivity index (χ0n) is 9.97. The second-order valence-corrected chi connectivity index (χ2v) is 5.46. The van der Waals surface area contributed by atoms with Crippen molar-refractivity contribution in [2.75, 3.05) is 19.6 Å². The van der Waals surface area contributed by atoms with Crippen LogP contribution < -0.4 is 0 Å². The molecular formula is C12H20F3NO. The molecule has 0 aromatic carbocycles. The van der Waals surface area contributed by atoms with Crippen LogP contribution in [-0.2, 0) is 0 Å². The zero-order chi connectivity index (χ0) is 12.5.